The Hall–Kier alpha value is -1.02. The van der Waals surface area contributed by atoms with Crippen molar-refractivity contribution in [1.82, 2.24) is 0 Å². The Morgan fingerprint density at radius 2 is 2.08 bits per heavy atom. The summed E-state index contributed by atoms with van der Waals surface area (Å²) in [6.07, 6.45) is 1.85. The predicted octanol–water partition coefficient (Wildman–Crippen LogP) is 2.82. The third-order valence-electron chi connectivity index (χ3n) is 1.98. The van der Waals surface area contributed by atoms with Crippen LogP contribution in [0.3, 0.4) is 0 Å². The van der Waals surface area contributed by atoms with E-state index in [1.54, 1.807) is 0 Å². The maximum absolute atomic E-state index is 4.42. The molecular weight excluding hydrogens is 178 g/mol. The van der Waals surface area contributed by atoms with E-state index in [4.69, 9.17) is 0 Å². The van der Waals surface area contributed by atoms with Crippen LogP contribution < -0.4 is 0 Å². The van der Waals surface area contributed by atoms with Gasteiger partial charge in [-0.25, -0.2) is 0 Å². The largest absolute Gasteiger partial charge is 0.277 e. The second-order valence-electron chi connectivity index (χ2n) is 2.86. The van der Waals surface area contributed by atoms with Crippen molar-refractivity contribution in [2.75, 3.05) is 12.3 Å². The molecule has 0 radical (unpaired) electrons. The molecule has 0 aromatic heterocycles. The number of aliphatic imine (C=N–C) groups is 1. The molecule has 1 nitrogen and oxygen atoms in total. The van der Waals surface area contributed by atoms with Gasteiger partial charge in [0, 0.05) is 17.9 Å². The summed E-state index contributed by atoms with van der Waals surface area (Å²) in [5, 5.41) is 1.18. The van der Waals surface area contributed by atoms with Crippen LogP contribution in [-0.2, 0) is 0 Å². The van der Waals surface area contributed by atoms with Crippen molar-refractivity contribution in [1.29, 1.82) is 0 Å². The van der Waals surface area contributed by atoms with Gasteiger partial charge in [0.2, 0.25) is 0 Å². The zero-order valence-corrected chi connectivity index (χ0v) is 8.18. The van der Waals surface area contributed by atoms with Gasteiger partial charge in [0.1, 0.15) is 0 Å². The van der Waals surface area contributed by atoms with Crippen molar-refractivity contribution in [3.05, 3.63) is 42.0 Å². The molecule has 0 amide bonds. The lowest BCUT2D eigenvalue weighted by Gasteiger charge is -1.99. The van der Waals surface area contributed by atoms with E-state index in [0.29, 0.717) is 0 Å². The Labute approximate surface area is 82.6 Å². The Morgan fingerprint density at radius 3 is 2.62 bits per heavy atom. The van der Waals surface area contributed by atoms with E-state index >= 15 is 0 Å². The van der Waals surface area contributed by atoms with Crippen molar-refractivity contribution in [2.45, 2.75) is 0 Å². The predicted molar refractivity (Wildman–Crippen MR) is 60.4 cm³/mol. The molecular formula is C11H11NS. The maximum atomic E-state index is 4.42. The first-order chi connectivity index (χ1) is 6.40. The highest BCUT2D eigenvalue weighted by Crippen LogP contribution is 2.19. The Bertz CT molecular complexity index is 338. The molecule has 0 aliphatic carbocycles. The molecule has 1 aromatic rings. The average Bonchev–Trinajstić information content (AvgIpc) is 2.71. The monoisotopic (exact) mass is 189 g/mol. The fourth-order valence-corrected chi connectivity index (χ4v) is 2.13. The molecule has 1 aliphatic heterocycles. The van der Waals surface area contributed by atoms with Crippen LogP contribution in [0.1, 0.15) is 11.1 Å². The highest BCUT2D eigenvalue weighted by Gasteiger charge is 2.08. The number of hydrogen-bond donors (Lipinski definition) is 0. The minimum absolute atomic E-state index is 0.962. The molecule has 1 heterocycles. The van der Waals surface area contributed by atoms with Crippen LogP contribution in [0.15, 0.2) is 35.8 Å². The third kappa shape index (κ3) is 1.83. The molecule has 0 fully saturated rings. The minimum atomic E-state index is 0.962. The summed E-state index contributed by atoms with van der Waals surface area (Å²) in [6, 6.07) is 8.36. The van der Waals surface area contributed by atoms with Gasteiger partial charge in [-0.15, -0.1) is 11.8 Å². The molecule has 0 saturated carbocycles. The fraction of sp³-hybridized carbons (Fsp3) is 0.182. The maximum Gasteiger partial charge on any atom is 0.0977 e. The molecule has 0 bridgehead atoms. The molecule has 0 unspecified atom stereocenters. The molecule has 0 N–H and O–H groups in total. The second-order valence-corrected chi connectivity index (χ2v) is 3.95. The van der Waals surface area contributed by atoms with Crippen molar-refractivity contribution >= 4 is 22.9 Å². The number of rotatable bonds is 2. The van der Waals surface area contributed by atoms with Gasteiger partial charge < -0.3 is 0 Å². The summed E-state index contributed by atoms with van der Waals surface area (Å²) in [5.41, 5.74) is 2.39. The normalized spacial score (nSPS) is 15.5. The summed E-state index contributed by atoms with van der Waals surface area (Å²) >= 11 is 1.83. The minimum Gasteiger partial charge on any atom is -0.277 e. The summed E-state index contributed by atoms with van der Waals surface area (Å²) in [6.45, 7) is 4.68. The first-order valence-electron chi connectivity index (χ1n) is 4.30. The van der Waals surface area contributed by atoms with E-state index < -0.39 is 0 Å². The average molecular weight is 189 g/mol. The zero-order valence-electron chi connectivity index (χ0n) is 7.36. The van der Waals surface area contributed by atoms with Gasteiger partial charge in [-0.05, 0) is 5.56 Å². The Kier molecular flexibility index (Phi) is 2.50. The molecule has 0 atom stereocenters. The van der Waals surface area contributed by atoms with Gasteiger partial charge in [-0.1, -0.05) is 36.9 Å². The number of nitrogens with zero attached hydrogens (tertiary/aromatic N) is 1. The Morgan fingerprint density at radius 1 is 1.31 bits per heavy atom. The standard InChI is InChI=1S/C11H11NS/c1-2-9-3-5-10(6-4-9)11-12-7-8-13-11/h2-6H,1,7-8H2. The van der Waals surface area contributed by atoms with Gasteiger partial charge in [-0.2, -0.15) is 0 Å². The van der Waals surface area contributed by atoms with Crippen molar-refractivity contribution < 1.29 is 0 Å². The van der Waals surface area contributed by atoms with Gasteiger partial charge in [0.25, 0.3) is 0 Å². The van der Waals surface area contributed by atoms with E-state index in [2.05, 4.69) is 35.8 Å². The highest BCUT2D eigenvalue weighted by atomic mass is 32.2. The first-order valence-corrected chi connectivity index (χ1v) is 5.29. The Balaban J connectivity index is 2.26. The van der Waals surface area contributed by atoms with Crippen LogP contribution in [0.25, 0.3) is 6.08 Å². The highest BCUT2D eigenvalue weighted by molar-refractivity contribution is 8.14. The van der Waals surface area contributed by atoms with Crippen LogP contribution in [0.5, 0.6) is 0 Å². The fourth-order valence-electron chi connectivity index (χ4n) is 1.27. The van der Waals surface area contributed by atoms with Crippen LogP contribution in [0, 0.1) is 0 Å². The van der Waals surface area contributed by atoms with Crippen molar-refractivity contribution in [2.24, 2.45) is 4.99 Å². The van der Waals surface area contributed by atoms with E-state index in [1.165, 1.54) is 10.6 Å². The van der Waals surface area contributed by atoms with Gasteiger partial charge in [0.15, 0.2) is 0 Å². The summed E-state index contributed by atoms with van der Waals surface area (Å²) in [5.74, 6) is 1.12. The first kappa shape index (κ1) is 8.57. The third-order valence-corrected chi connectivity index (χ3v) is 3.00. The van der Waals surface area contributed by atoms with Crippen LogP contribution >= 0.6 is 11.8 Å². The molecule has 1 aromatic carbocycles. The number of thioether (sulfide) groups is 1. The van der Waals surface area contributed by atoms with E-state index in [1.807, 2.05) is 17.8 Å². The molecule has 2 heteroatoms. The second kappa shape index (κ2) is 3.79. The molecule has 13 heavy (non-hydrogen) atoms. The van der Waals surface area contributed by atoms with Crippen LogP contribution in [-0.4, -0.2) is 17.3 Å². The lowest BCUT2D eigenvalue weighted by Crippen LogP contribution is -1.90. The molecule has 66 valence electrons. The molecule has 0 spiro atoms. The lowest BCUT2D eigenvalue weighted by molar-refractivity contribution is 1.17. The van der Waals surface area contributed by atoms with E-state index in [0.717, 1.165) is 17.9 Å². The quantitative estimate of drug-likeness (QED) is 0.697. The van der Waals surface area contributed by atoms with Gasteiger partial charge in [-0.3, -0.25) is 4.99 Å². The van der Waals surface area contributed by atoms with Crippen LogP contribution in [0.2, 0.25) is 0 Å². The SMILES string of the molecule is C=Cc1ccc(C2=NCCS2)cc1. The van der Waals surface area contributed by atoms with E-state index in [-0.39, 0.29) is 0 Å². The molecule has 2 rings (SSSR count). The molecule has 1 aliphatic rings. The number of benzene rings is 1. The summed E-state index contributed by atoms with van der Waals surface area (Å²) < 4.78 is 0. The zero-order chi connectivity index (χ0) is 9.10. The van der Waals surface area contributed by atoms with Crippen LogP contribution in [0.4, 0.5) is 0 Å². The summed E-state index contributed by atoms with van der Waals surface area (Å²) in [7, 11) is 0. The summed E-state index contributed by atoms with van der Waals surface area (Å²) in [4.78, 5) is 4.42. The van der Waals surface area contributed by atoms with Gasteiger partial charge >= 0.3 is 0 Å². The topological polar surface area (TPSA) is 12.4 Å². The number of hydrogen-bond acceptors (Lipinski definition) is 2. The van der Waals surface area contributed by atoms with Crippen molar-refractivity contribution in [3.63, 3.8) is 0 Å². The lowest BCUT2D eigenvalue weighted by atomic mass is 10.1. The molecule has 0 saturated heterocycles. The smallest absolute Gasteiger partial charge is 0.0977 e. The van der Waals surface area contributed by atoms with Gasteiger partial charge in [0.05, 0.1) is 5.04 Å². The van der Waals surface area contributed by atoms with E-state index in [9.17, 15) is 0 Å². The van der Waals surface area contributed by atoms with Crippen molar-refractivity contribution in [3.8, 4) is 0 Å².